The van der Waals surface area contributed by atoms with E-state index in [4.69, 9.17) is 15.3 Å². The minimum Gasteiger partial charge on any atom is -0.632 e. The number of hydroxylamine groups is 3. The monoisotopic (exact) mass is 602 g/mol. The van der Waals surface area contributed by atoms with E-state index in [-0.39, 0.29) is 46.6 Å². The van der Waals surface area contributed by atoms with Crippen LogP contribution < -0.4 is 0 Å². The molecule has 226 valence electrons. The van der Waals surface area contributed by atoms with Gasteiger partial charge in [-0.2, -0.15) is 0 Å². The Bertz CT molecular complexity index is 1020. The molecule has 4 N–H and O–H groups in total. The zero-order valence-electron chi connectivity index (χ0n) is 25.7. The second kappa shape index (κ2) is 19.3. The molecule has 0 aliphatic carbocycles. The van der Waals surface area contributed by atoms with Crippen LogP contribution in [0.15, 0.2) is 79.0 Å². The molecule has 41 heavy (non-hydrogen) atoms. The van der Waals surface area contributed by atoms with E-state index in [1.165, 1.54) is 0 Å². The fourth-order valence-corrected chi connectivity index (χ4v) is 4.56. The Hall–Kier alpha value is -1.94. The van der Waals surface area contributed by atoms with Crippen molar-refractivity contribution in [3.8, 4) is 0 Å². The maximum atomic E-state index is 14.1. The Balaban J connectivity index is 0.00000105. The van der Waals surface area contributed by atoms with Crippen LogP contribution in [-0.2, 0) is 33.9 Å². The van der Waals surface area contributed by atoms with Crippen LogP contribution >= 0.6 is 0 Å². The van der Waals surface area contributed by atoms with Crippen molar-refractivity contribution in [1.82, 2.24) is 4.98 Å². The number of aromatic nitrogens is 1. The number of rotatable bonds is 5. The van der Waals surface area contributed by atoms with Crippen molar-refractivity contribution in [1.29, 1.82) is 0 Å². The summed E-state index contributed by atoms with van der Waals surface area (Å²) in [6.45, 7) is 13.1. The third-order valence-corrected chi connectivity index (χ3v) is 6.03. The zero-order chi connectivity index (χ0) is 30.3. The number of pyridine rings is 1. The smallest absolute Gasteiger partial charge is 0.167 e. The van der Waals surface area contributed by atoms with Crippen molar-refractivity contribution in [3.05, 3.63) is 107 Å². The first kappa shape index (κ1) is 39.1. The van der Waals surface area contributed by atoms with E-state index in [1.807, 2.05) is 79.7 Å². The first-order valence-electron chi connectivity index (χ1n) is 14.1. The number of aliphatic hydroxyl groups excluding tert-OH is 3. The van der Waals surface area contributed by atoms with Gasteiger partial charge in [-0.3, -0.25) is 4.98 Å². The minimum absolute atomic E-state index is 0. The predicted molar refractivity (Wildman–Crippen MR) is 162 cm³/mol. The summed E-state index contributed by atoms with van der Waals surface area (Å²) in [6.07, 6.45) is 2.71. The SMILES string of the molecule is CC(C)O.CC(C)O.CC(C)O.Cc1cccnc1C[N@+]1([O-])CCC[C@H]1C(O)(c1ccccc1)c1ccccc1.[Ti]. The number of benzene rings is 2. The van der Waals surface area contributed by atoms with Crippen LogP contribution in [0.1, 0.15) is 76.8 Å². The number of likely N-dealkylation sites (tertiary alicyclic amines) is 1. The Morgan fingerprint density at radius 3 is 1.61 bits per heavy atom. The van der Waals surface area contributed by atoms with E-state index in [2.05, 4.69) is 4.98 Å². The van der Waals surface area contributed by atoms with Crippen LogP contribution in [0.4, 0.5) is 0 Å². The largest absolute Gasteiger partial charge is 0.632 e. The minimum atomic E-state index is -1.34. The summed E-state index contributed by atoms with van der Waals surface area (Å²) in [6, 6.07) is 22.6. The van der Waals surface area contributed by atoms with Gasteiger partial charge < -0.3 is 30.3 Å². The molecule has 0 radical (unpaired) electrons. The molecule has 0 amide bonds. The molecule has 0 spiro atoms. The molecule has 1 aliphatic heterocycles. The van der Waals surface area contributed by atoms with Gasteiger partial charge in [-0.25, -0.2) is 0 Å². The van der Waals surface area contributed by atoms with Crippen molar-refractivity contribution in [3.63, 3.8) is 0 Å². The van der Waals surface area contributed by atoms with Crippen LogP contribution in [0.2, 0.25) is 0 Å². The molecule has 1 fully saturated rings. The third-order valence-electron chi connectivity index (χ3n) is 6.03. The fourth-order valence-electron chi connectivity index (χ4n) is 4.56. The van der Waals surface area contributed by atoms with E-state index in [0.717, 1.165) is 28.8 Å². The van der Waals surface area contributed by atoms with E-state index in [9.17, 15) is 10.3 Å². The van der Waals surface area contributed by atoms with E-state index in [1.54, 1.807) is 47.7 Å². The normalized spacial score (nSPS) is 17.9. The molecular formula is C33H50N2O5Ti. The summed E-state index contributed by atoms with van der Waals surface area (Å²) in [5.41, 5.74) is 2.02. The molecule has 0 saturated carbocycles. The summed E-state index contributed by atoms with van der Waals surface area (Å²) in [5.74, 6) is 0. The molecule has 0 bridgehead atoms. The Kier molecular flexibility index (Phi) is 18.4. The molecule has 4 rings (SSSR count). The van der Waals surface area contributed by atoms with E-state index in [0.29, 0.717) is 13.0 Å². The van der Waals surface area contributed by atoms with Gasteiger partial charge in [0.2, 0.25) is 0 Å². The molecule has 8 heteroatoms. The summed E-state index contributed by atoms with van der Waals surface area (Å²) >= 11 is 0. The zero-order valence-corrected chi connectivity index (χ0v) is 27.3. The number of aliphatic hydroxyl groups is 4. The van der Waals surface area contributed by atoms with Gasteiger partial charge in [0.15, 0.2) is 5.60 Å². The fraction of sp³-hybridized carbons (Fsp3) is 0.485. The Labute approximate surface area is 262 Å². The van der Waals surface area contributed by atoms with Gasteiger partial charge in [-0.15, -0.1) is 0 Å². The summed E-state index contributed by atoms with van der Waals surface area (Å²) in [4.78, 5) is 4.45. The molecule has 1 aliphatic rings. The second-order valence-electron chi connectivity index (χ2n) is 11.0. The number of hydrogen-bond acceptors (Lipinski definition) is 6. The topological polar surface area (TPSA) is 117 Å². The summed E-state index contributed by atoms with van der Waals surface area (Å²) in [7, 11) is 0. The average molecular weight is 603 g/mol. The van der Waals surface area contributed by atoms with Gasteiger partial charge in [0.1, 0.15) is 12.6 Å². The summed E-state index contributed by atoms with van der Waals surface area (Å²) < 4.78 is -0.460. The maximum Gasteiger partial charge on any atom is 0.167 e. The number of quaternary nitrogens is 1. The van der Waals surface area contributed by atoms with Gasteiger partial charge in [-0.1, -0.05) is 66.7 Å². The van der Waals surface area contributed by atoms with Crippen molar-refractivity contribution in [2.45, 2.75) is 97.8 Å². The van der Waals surface area contributed by atoms with Gasteiger partial charge >= 0.3 is 0 Å². The molecule has 7 nitrogen and oxygen atoms in total. The Morgan fingerprint density at radius 2 is 1.22 bits per heavy atom. The van der Waals surface area contributed by atoms with Crippen LogP contribution in [0.3, 0.4) is 0 Å². The predicted octanol–water partition coefficient (Wildman–Crippen LogP) is 5.46. The van der Waals surface area contributed by atoms with Crippen LogP contribution in [0, 0.1) is 12.1 Å². The van der Waals surface area contributed by atoms with Crippen LogP contribution in [-0.4, -0.2) is 61.0 Å². The number of nitrogens with zero attached hydrogens (tertiary/aromatic N) is 2. The van der Waals surface area contributed by atoms with Crippen LogP contribution in [0.5, 0.6) is 0 Å². The molecule has 2 heterocycles. The van der Waals surface area contributed by atoms with Crippen molar-refractivity contribution in [2.75, 3.05) is 6.54 Å². The quantitative estimate of drug-likeness (QED) is 0.175. The van der Waals surface area contributed by atoms with Gasteiger partial charge in [0.25, 0.3) is 0 Å². The van der Waals surface area contributed by atoms with Crippen molar-refractivity contribution >= 4 is 0 Å². The standard InChI is InChI=1S/C24H26N2O2.3C3H8O.Ti/c1-19-10-8-16-25-22(19)18-26(28)17-9-15-23(26)24(27,20-11-4-2-5-12-20)21-13-6-3-7-14-21;3*1-3(2)4;/h2-8,10-14,16,23,27H,9,15,17-18H2,1H3;3*3-4H,1-2H3;/t23-,26+;;;;/m0..../s1. The van der Waals surface area contributed by atoms with Gasteiger partial charge in [0, 0.05) is 59.1 Å². The molecule has 1 saturated heterocycles. The Morgan fingerprint density at radius 1 is 0.805 bits per heavy atom. The summed E-state index contributed by atoms with van der Waals surface area (Å²) in [5, 5.41) is 50.4. The molecule has 2 atom stereocenters. The number of aryl methyl sites for hydroxylation is 1. The molecule has 1 aromatic heterocycles. The average Bonchev–Trinajstić information content (AvgIpc) is 3.26. The first-order chi connectivity index (χ1) is 18.7. The van der Waals surface area contributed by atoms with Gasteiger partial charge in [0.05, 0.1) is 12.2 Å². The second-order valence-corrected chi connectivity index (χ2v) is 11.0. The molecule has 3 aromatic rings. The van der Waals surface area contributed by atoms with Crippen molar-refractivity contribution in [2.24, 2.45) is 0 Å². The van der Waals surface area contributed by atoms with E-state index < -0.39 is 16.3 Å². The molecule has 0 unspecified atom stereocenters. The molecule has 2 aromatic carbocycles. The van der Waals surface area contributed by atoms with Crippen molar-refractivity contribution < 1.29 is 46.8 Å². The number of hydrogen-bond donors (Lipinski definition) is 4. The molecular weight excluding hydrogens is 552 g/mol. The third kappa shape index (κ3) is 13.3. The first-order valence-corrected chi connectivity index (χ1v) is 14.1. The maximum absolute atomic E-state index is 14.1. The van der Waals surface area contributed by atoms with Gasteiger partial charge in [-0.05, 0) is 71.2 Å². The van der Waals surface area contributed by atoms with Crippen LogP contribution in [0.25, 0.3) is 0 Å². The van der Waals surface area contributed by atoms with E-state index >= 15 is 0 Å².